The van der Waals surface area contributed by atoms with Gasteiger partial charge in [0.25, 0.3) is 0 Å². The van der Waals surface area contributed by atoms with Crippen LogP contribution in [0, 0.1) is 0 Å². The molecular weight excluding hydrogens is 448 g/mol. The smallest absolute Gasteiger partial charge is 0.310 e. The normalized spacial score (nSPS) is 10.6. The average molecular weight is 481 g/mol. The third-order valence-corrected chi connectivity index (χ3v) is 5.33. The van der Waals surface area contributed by atoms with Crippen LogP contribution in [-0.4, -0.2) is 47.3 Å². The molecule has 0 amide bonds. The van der Waals surface area contributed by atoms with E-state index < -0.39 is 5.97 Å². The van der Waals surface area contributed by atoms with Crippen LogP contribution in [0.3, 0.4) is 0 Å². The number of rotatable bonds is 10. The Kier molecular flexibility index (Phi) is 9.17. The second-order valence-corrected chi connectivity index (χ2v) is 8.06. The number of carbonyl (C=O) groups is 2. The van der Waals surface area contributed by atoms with Crippen LogP contribution in [0.15, 0.2) is 48.8 Å². The first-order valence-electron chi connectivity index (χ1n) is 11.7. The fraction of sp³-hybridized carbons (Fsp3) is 0.333. The van der Waals surface area contributed by atoms with E-state index in [2.05, 4.69) is 21.6 Å². The number of esters is 1. The predicted molar refractivity (Wildman–Crippen MR) is 135 cm³/mol. The van der Waals surface area contributed by atoms with Crippen molar-refractivity contribution in [2.24, 2.45) is 0 Å². The van der Waals surface area contributed by atoms with Gasteiger partial charge in [0.1, 0.15) is 11.5 Å². The zero-order valence-electron chi connectivity index (χ0n) is 20.3. The van der Waals surface area contributed by atoms with E-state index >= 15 is 0 Å². The molecule has 2 aromatic heterocycles. The maximum absolute atomic E-state index is 11.3. The molecule has 0 saturated carbocycles. The molecule has 0 aliphatic heterocycles. The van der Waals surface area contributed by atoms with Crippen LogP contribution in [0.1, 0.15) is 37.8 Å². The highest BCUT2D eigenvalue weighted by Gasteiger charge is 2.10. The van der Waals surface area contributed by atoms with Crippen LogP contribution in [0.5, 0.6) is 11.5 Å². The number of methoxy groups -OCH3 is 1. The van der Waals surface area contributed by atoms with E-state index in [9.17, 15) is 9.59 Å². The minimum absolute atomic E-state index is 0.0250. The van der Waals surface area contributed by atoms with Gasteiger partial charge in [0.05, 0.1) is 33.2 Å². The Morgan fingerprint density at radius 3 is 1.71 bits per heavy atom. The number of H-pyrrole nitrogens is 2. The number of hydrogen-bond donors (Lipinski definition) is 3. The molecular formula is C27H32N2O6. The van der Waals surface area contributed by atoms with Gasteiger partial charge in [-0.3, -0.25) is 9.59 Å². The van der Waals surface area contributed by atoms with Crippen LogP contribution in [0.2, 0.25) is 0 Å². The average Bonchev–Trinajstić information content (AvgIpc) is 3.44. The summed E-state index contributed by atoms with van der Waals surface area (Å²) in [5.41, 5.74) is 3.65. The van der Waals surface area contributed by atoms with Crippen LogP contribution in [0.25, 0.3) is 21.8 Å². The van der Waals surface area contributed by atoms with Crippen molar-refractivity contribution in [3.05, 3.63) is 59.9 Å². The topological polar surface area (TPSA) is 114 Å². The van der Waals surface area contributed by atoms with Gasteiger partial charge in [-0.2, -0.15) is 0 Å². The molecule has 0 bridgehead atoms. The van der Waals surface area contributed by atoms with Crippen molar-refractivity contribution >= 4 is 33.7 Å². The second kappa shape index (κ2) is 12.5. The summed E-state index contributed by atoms with van der Waals surface area (Å²) in [6.07, 6.45) is 5.80. The van der Waals surface area contributed by atoms with Gasteiger partial charge in [-0.25, -0.2) is 0 Å². The fourth-order valence-corrected chi connectivity index (χ4v) is 3.62. The molecule has 8 nitrogen and oxygen atoms in total. The lowest BCUT2D eigenvalue weighted by Gasteiger charge is -2.05. The zero-order chi connectivity index (χ0) is 25.2. The van der Waals surface area contributed by atoms with Crippen LogP contribution in [0.4, 0.5) is 0 Å². The Morgan fingerprint density at radius 1 is 0.800 bits per heavy atom. The molecule has 4 rings (SSSR count). The molecule has 2 heterocycles. The number of aromatic nitrogens is 2. The Hall–Kier alpha value is -3.94. The van der Waals surface area contributed by atoms with Gasteiger partial charge in [0, 0.05) is 34.2 Å². The maximum Gasteiger partial charge on any atom is 0.310 e. The van der Waals surface area contributed by atoms with Crippen LogP contribution >= 0.6 is 0 Å². The third kappa shape index (κ3) is 7.02. The molecule has 0 aliphatic carbocycles. The lowest BCUT2D eigenvalue weighted by atomic mass is 10.1. The molecule has 0 unspecified atom stereocenters. The van der Waals surface area contributed by atoms with Gasteiger partial charge >= 0.3 is 11.9 Å². The summed E-state index contributed by atoms with van der Waals surface area (Å²) >= 11 is 0. The second-order valence-electron chi connectivity index (χ2n) is 8.06. The minimum Gasteiger partial charge on any atom is -0.494 e. The molecule has 0 atom stereocenters. The lowest BCUT2D eigenvalue weighted by molar-refractivity contribution is -0.140. The zero-order valence-corrected chi connectivity index (χ0v) is 20.3. The fourth-order valence-electron chi connectivity index (χ4n) is 3.62. The minimum atomic E-state index is -0.828. The molecule has 0 aliphatic rings. The van der Waals surface area contributed by atoms with E-state index in [0.29, 0.717) is 13.2 Å². The van der Waals surface area contributed by atoms with Crippen LogP contribution in [-0.2, 0) is 27.2 Å². The molecule has 2 aromatic carbocycles. The Morgan fingerprint density at radius 2 is 1.29 bits per heavy atom. The first-order chi connectivity index (χ1) is 16.9. The number of fused-ring (bicyclic) bond motifs is 2. The van der Waals surface area contributed by atoms with Crippen molar-refractivity contribution in [1.29, 1.82) is 0 Å². The Bertz CT molecular complexity index is 1270. The van der Waals surface area contributed by atoms with E-state index in [-0.39, 0.29) is 18.8 Å². The first kappa shape index (κ1) is 25.7. The number of aromatic amines is 2. The summed E-state index contributed by atoms with van der Waals surface area (Å²) in [5, 5.41) is 10.7. The highest BCUT2D eigenvalue weighted by Crippen LogP contribution is 2.25. The summed E-state index contributed by atoms with van der Waals surface area (Å²) in [6.45, 7) is 5.48. The largest absolute Gasteiger partial charge is 0.494 e. The molecule has 0 saturated heterocycles. The number of carbonyl (C=O) groups excluding carboxylic acids is 1. The summed E-state index contributed by atoms with van der Waals surface area (Å²) < 4.78 is 15.8. The third-order valence-electron chi connectivity index (χ3n) is 5.33. The molecule has 0 fully saturated rings. The number of carboxylic acids is 1. The van der Waals surface area contributed by atoms with Crippen molar-refractivity contribution in [1.82, 2.24) is 9.97 Å². The number of benzene rings is 2. The Balaban J connectivity index is 0.000000196. The quantitative estimate of drug-likeness (QED) is 0.267. The molecule has 0 spiro atoms. The Labute approximate surface area is 204 Å². The van der Waals surface area contributed by atoms with Crippen molar-refractivity contribution < 1.29 is 28.9 Å². The number of ether oxygens (including phenoxy) is 3. The summed E-state index contributed by atoms with van der Waals surface area (Å²) in [5.74, 6) is 0.544. The van der Waals surface area contributed by atoms with Crippen molar-refractivity contribution in [2.75, 3.05) is 20.3 Å². The number of carboxylic acid groups (broad SMARTS) is 1. The summed E-state index contributed by atoms with van der Waals surface area (Å²) in [7, 11) is 1.40. The van der Waals surface area contributed by atoms with Crippen LogP contribution < -0.4 is 9.47 Å². The van der Waals surface area contributed by atoms with E-state index in [1.807, 2.05) is 49.5 Å². The maximum atomic E-state index is 11.3. The van der Waals surface area contributed by atoms with Crippen molar-refractivity contribution in [3.63, 3.8) is 0 Å². The van der Waals surface area contributed by atoms with Gasteiger partial charge < -0.3 is 29.3 Å². The highest BCUT2D eigenvalue weighted by molar-refractivity contribution is 5.89. The summed E-state index contributed by atoms with van der Waals surface area (Å²) in [4.78, 5) is 28.2. The summed E-state index contributed by atoms with van der Waals surface area (Å²) in [6, 6.07) is 11.5. The molecule has 186 valence electrons. The van der Waals surface area contributed by atoms with Gasteiger partial charge in [0.2, 0.25) is 0 Å². The lowest BCUT2D eigenvalue weighted by Crippen LogP contribution is -2.03. The molecule has 0 radical (unpaired) electrons. The van der Waals surface area contributed by atoms with Gasteiger partial charge in [-0.1, -0.05) is 13.8 Å². The molecule has 35 heavy (non-hydrogen) atoms. The molecule has 4 aromatic rings. The monoisotopic (exact) mass is 480 g/mol. The molecule has 8 heteroatoms. The van der Waals surface area contributed by atoms with E-state index in [4.69, 9.17) is 14.6 Å². The standard InChI is InChI=1S/C14H17NO3.C13H15NO3/c1-3-6-18-11-4-5-13-12(8-11)10(9-15-13)7-14(16)17-2;1-2-5-17-10-3-4-12-11(7-10)9(8-14-12)6-13(15)16/h4-5,8-9,15H,3,6-7H2,1-2H3;3-4,7-8,14H,2,5-6H2,1H3,(H,15,16). The van der Waals surface area contributed by atoms with E-state index in [1.165, 1.54) is 7.11 Å². The van der Waals surface area contributed by atoms with Crippen molar-refractivity contribution in [2.45, 2.75) is 39.5 Å². The van der Waals surface area contributed by atoms with Gasteiger partial charge in [0.15, 0.2) is 0 Å². The van der Waals surface area contributed by atoms with Gasteiger partial charge in [-0.15, -0.1) is 0 Å². The number of aliphatic carboxylic acids is 1. The van der Waals surface area contributed by atoms with Crippen molar-refractivity contribution in [3.8, 4) is 11.5 Å². The highest BCUT2D eigenvalue weighted by atomic mass is 16.5. The number of nitrogens with one attached hydrogen (secondary N) is 2. The van der Waals surface area contributed by atoms with E-state index in [1.54, 1.807) is 6.20 Å². The van der Waals surface area contributed by atoms with E-state index in [0.717, 1.165) is 57.3 Å². The van der Waals surface area contributed by atoms with Gasteiger partial charge in [-0.05, 0) is 60.4 Å². The predicted octanol–water partition coefficient (Wildman–Crippen LogP) is 5.26. The molecule has 3 N–H and O–H groups in total. The SMILES string of the molecule is CCCOc1ccc2[nH]cc(CC(=O)O)c2c1.CCCOc1ccc2[nH]cc(CC(=O)OC)c2c1. The number of hydrogen-bond acceptors (Lipinski definition) is 5. The first-order valence-corrected chi connectivity index (χ1v) is 11.7.